The van der Waals surface area contributed by atoms with Crippen molar-refractivity contribution < 1.29 is 4.79 Å². The number of aryl methyl sites for hydroxylation is 2. The van der Waals surface area contributed by atoms with E-state index in [0.29, 0.717) is 5.56 Å². The minimum Gasteiger partial charge on any atom is -0.267 e. The van der Waals surface area contributed by atoms with E-state index in [1.54, 1.807) is 23.6 Å². The van der Waals surface area contributed by atoms with Gasteiger partial charge in [-0.1, -0.05) is 18.2 Å². The fraction of sp³-hybridized carbons (Fsp3) is 0.143. The fourth-order valence-corrected chi connectivity index (χ4v) is 2.34. The molecule has 0 aliphatic carbocycles. The quantitative estimate of drug-likeness (QED) is 0.667. The second-order valence-electron chi connectivity index (χ2n) is 3.98. The highest BCUT2D eigenvalue weighted by Crippen LogP contribution is 2.12. The summed E-state index contributed by atoms with van der Waals surface area (Å²) in [6.45, 7) is 3.92. The lowest BCUT2D eigenvalue weighted by atomic mass is 10.1. The molecule has 0 unspecified atom stereocenters. The van der Waals surface area contributed by atoms with Crippen molar-refractivity contribution >= 4 is 23.5 Å². The molecule has 92 valence electrons. The Balaban J connectivity index is 2.03. The molecule has 0 saturated heterocycles. The van der Waals surface area contributed by atoms with Crippen LogP contribution in [0.5, 0.6) is 0 Å². The second kappa shape index (κ2) is 5.60. The van der Waals surface area contributed by atoms with Gasteiger partial charge in [0, 0.05) is 10.4 Å². The molecule has 1 aromatic heterocycles. The molecular formula is C14H14N2OS. The van der Waals surface area contributed by atoms with Crippen LogP contribution < -0.4 is 5.43 Å². The molecule has 4 heteroatoms. The third kappa shape index (κ3) is 2.84. The Bertz CT molecular complexity index is 587. The largest absolute Gasteiger partial charge is 0.271 e. The molecule has 0 fully saturated rings. The maximum Gasteiger partial charge on any atom is 0.271 e. The van der Waals surface area contributed by atoms with E-state index in [1.807, 2.05) is 43.5 Å². The Kier molecular flexibility index (Phi) is 3.89. The zero-order valence-electron chi connectivity index (χ0n) is 10.3. The van der Waals surface area contributed by atoms with Crippen molar-refractivity contribution in [3.8, 4) is 0 Å². The van der Waals surface area contributed by atoms with Gasteiger partial charge in [0.2, 0.25) is 0 Å². The fourth-order valence-electron chi connectivity index (χ4n) is 1.55. The number of nitrogens with one attached hydrogen (secondary N) is 1. The predicted molar refractivity (Wildman–Crippen MR) is 75.3 cm³/mol. The monoisotopic (exact) mass is 258 g/mol. The van der Waals surface area contributed by atoms with Crippen molar-refractivity contribution in [3.63, 3.8) is 0 Å². The van der Waals surface area contributed by atoms with Crippen LogP contribution in [0.4, 0.5) is 0 Å². The molecule has 2 rings (SSSR count). The number of amides is 1. The molecule has 0 atom stereocenters. The van der Waals surface area contributed by atoms with Crippen LogP contribution in [0, 0.1) is 13.8 Å². The van der Waals surface area contributed by atoms with Crippen LogP contribution >= 0.6 is 11.3 Å². The van der Waals surface area contributed by atoms with Gasteiger partial charge in [0.15, 0.2) is 0 Å². The summed E-state index contributed by atoms with van der Waals surface area (Å²) in [6, 6.07) is 9.47. The lowest BCUT2D eigenvalue weighted by molar-refractivity contribution is 0.0954. The van der Waals surface area contributed by atoms with Gasteiger partial charge < -0.3 is 0 Å². The number of hydrogen-bond acceptors (Lipinski definition) is 3. The molecule has 0 aliphatic heterocycles. The zero-order chi connectivity index (χ0) is 13.0. The van der Waals surface area contributed by atoms with Gasteiger partial charge in [0.1, 0.15) is 0 Å². The highest BCUT2D eigenvalue weighted by Gasteiger charge is 2.06. The molecule has 1 N–H and O–H groups in total. The number of hydrazone groups is 1. The van der Waals surface area contributed by atoms with Crippen LogP contribution in [-0.4, -0.2) is 12.1 Å². The van der Waals surface area contributed by atoms with E-state index in [-0.39, 0.29) is 5.91 Å². The SMILES string of the molecule is Cc1ccccc1C(=O)N/N=C/c1sccc1C. The summed E-state index contributed by atoms with van der Waals surface area (Å²) < 4.78 is 0. The second-order valence-corrected chi connectivity index (χ2v) is 4.93. The number of nitrogens with zero attached hydrogens (tertiary/aromatic N) is 1. The summed E-state index contributed by atoms with van der Waals surface area (Å²) in [4.78, 5) is 12.9. The van der Waals surface area contributed by atoms with Gasteiger partial charge in [-0.3, -0.25) is 4.79 Å². The number of rotatable bonds is 3. The zero-order valence-corrected chi connectivity index (χ0v) is 11.1. The van der Waals surface area contributed by atoms with Crippen molar-refractivity contribution in [1.82, 2.24) is 5.43 Å². The van der Waals surface area contributed by atoms with E-state index >= 15 is 0 Å². The lowest BCUT2D eigenvalue weighted by Crippen LogP contribution is -2.18. The predicted octanol–water partition coefficient (Wildman–Crippen LogP) is 3.13. The number of benzene rings is 1. The first-order valence-electron chi connectivity index (χ1n) is 5.61. The topological polar surface area (TPSA) is 41.5 Å². The molecule has 0 bridgehead atoms. The Morgan fingerprint density at radius 3 is 2.67 bits per heavy atom. The average molecular weight is 258 g/mol. The highest BCUT2D eigenvalue weighted by atomic mass is 32.1. The standard InChI is InChI=1S/C14H14N2OS/c1-10-5-3-4-6-12(10)14(17)16-15-9-13-11(2)7-8-18-13/h3-9H,1-2H3,(H,16,17)/b15-9+. The van der Waals surface area contributed by atoms with Gasteiger partial charge in [-0.05, 0) is 42.5 Å². The number of thiophene rings is 1. The van der Waals surface area contributed by atoms with Crippen LogP contribution in [-0.2, 0) is 0 Å². The maximum absolute atomic E-state index is 11.9. The van der Waals surface area contributed by atoms with E-state index < -0.39 is 0 Å². The van der Waals surface area contributed by atoms with Crippen molar-refractivity contribution in [2.45, 2.75) is 13.8 Å². The minimum absolute atomic E-state index is 0.182. The van der Waals surface area contributed by atoms with Crippen LogP contribution in [0.15, 0.2) is 40.8 Å². The minimum atomic E-state index is -0.182. The summed E-state index contributed by atoms with van der Waals surface area (Å²) in [6.07, 6.45) is 1.68. The molecule has 2 aromatic rings. The van der Waals surface area contributed by atoms with E-state index in [1.165, 1.54) is 0 Å². The van der Waals surface area contributed by atoms with E-state index in [9.17, 15) is 4.79 Å². The normalized spacial score (nSPS) is 10.8. The van der Waals surface area contributed by atoms with Crippen LogP contribution in [0.3, 0.4) is 0 Å². The summed E-state index contributed by atoms with van der Waals surface area (Å²) in [5, 5.41) is 5.98. The third-order valence-electron chi connectivity index (χ3n) is 2.64. The van der Waals surface area contributed by atoms with Crippen LogP contribution in [0.2, 0.25) is 0 Å². The van der Waals surface area contributed by atoms with E-state index in [2.05, 4.69) is 10.5 Å². The lowest BCUT2D eigenvalue weighted by Gasteiger charge is -2.02. The van der Waals surface area contributed by atoms with Gasteiger partial charge in [-0.2, -0.15) is 5.10 Å². The molecule has 1 amide bonds. The van der Waals surface area contributed by atoms with Crippen LogP contribution in [0.25, 0.3) is 0 Å². The van der Waals surface area contributed by atoms with E-state index in [0.717, 1.165) is 16.0 Å². The van der Waals surface area contributed by atoms with Gasteiger partial charge in [-0.25, -0.2) is 5.43 Å². The number of hydrogen-bond donors (Lipinski definition) is 1. The Labute approximate surface area is 110 Å². The van der Waals surface area contributed by atoms with Crippen LogP contribution in [0.1, 0.15) is 26.4 Å². The first kappa shape index (κ1) is 12.5. The third-order valence-corrected chi connectivity index (χ3v) is 3.59. The highest BCUT2D eigenvalue weighted by molar-refractivity contribution is 7.11. The first-order chi connectivity index (χ1) is 8.68. The molecular weight excluding hydrogens is 244 g/mol. The maximum atomic E-state index is 11.9. The average Bonchev–Trinajstić information content (AvgIpc) is 2.75. The van der Waals surface area contributed by atoms with Crippen molar-refractivity contribution in [1.29, 1.82) is 0 Å². The molecule has 0 saturated carbocycles. The number of carbonyl (C=O) groups excluding carboxylic acids is 1. The molecule has 1 aromatic carbocycles. The van der Waals surface area contributed by atoms with Gasteiger partial charge in [0.05, 0.1) is 6.21 Å². The Morgan fingerprint density at radius 1 is 1.22 bits per heavy atom. The molecule has 1 heterocycles. The molecule has 0 aliphatic rings. The van der Waals surface area contributed by atoms with E-state index in [4.69, 9.17) is 0 Å². The summed E-state index contributed by atoms with van der Waals surface area (Å²) >= 11 is 1.60. The molecule has 3 nitrogen and oxygen atoms in total. The Hall–Kier alpha value is -1.94. The molecule has 0 spiro atoms. The smallest absolute Gasteiger partial charge is 0.267 e. The van der Waals surface area contributed by atoms with Gasteiger partial charge in [-0.15, -0.1) is 11.3 Å². The van der Waals surface area contributed by atoms with Crippen molar-refractivity contribution in [2.75, 3.05) is 0 Å². The van der Waals surface area contributed by atoms with Crippen molar-refractivity contribution in [2.24, 2.45) is 5.10 Å². The summed E-state index contributed by atoms with van der Waals surface area (Å²) in [5.41, 5.74) is 5.30. The van der Waals surface area contributed by atoms with Gasteiger partial charge >= 0.3 is 0 Å². The summed E-state index contributed by atoms with van der Waals surface area (Å²) in [5.74, 6) is -0.182. The number of carbonyl (C=O) groups is 1. The first-order valence-corrected chi connectivity index (χ1v) is 6.49. The Morgan fingerprint density at radius 2 is 2.00 bits per heavy atom. The molecule has 0 radical (unpaired) electrons. The summed E-state index contributed by atoms with van der Waals surface area (Å²) in [7, 11) is 0. The molecule has 18 heavy (non-hydrogen) atoms. The van der Waals surface area contributed by atoms with Crippen molar-refractivity contribution in [3.05, 3.63) is 57.3 Å². The van der Waals surface area contributed by atoms with Gasteiger partial charge in [0.25, 0.3) is 5.91 Å².